The van der Waals surface area contributed by atoms with Crippen LogP contribution >= 0.6 is 0 Å². The van der Waals surface area contributed by atoms with Crippen molar-refractivity contribution in [1.29, 1.82) is 0 Å². The Hall–Kier alpha value is -10.6. The molecule has 0 saturated carbocycles. The summed E-state index contributed by atoms with van der Waals surface area (Å²) >= 11 is 0. The van der Waals surface area contributed by atoms with Gasteiger partial charge in [0.05, 0.1) is 11.4 Å². The maximum Gasteiger partial charge on any atom is 2.00 e. The van der Waals surface area contributed by atoms with Gasteiger partial charge >= 0.3 is 42.1 Å². The Bertz CT molecular complexity index is 4340. The second-order valence-corrected chi connectivity index (χ2v) is 20.3. The third-order valence-corrected chi connectivity index (χ3v) is 14.7. The largest absolute Gasteiger partial charge is 2.00 e. The summed E-state index contributed by atoms with van der Waals surface area (Å²) in [5.41, 5.74) is 11.0. The molecule has 12 nitrogen and oxygen atoms in total. The summed E-state index contributed by atoms with van der Waals surface area (Å²) in [7, 11) is 0. The van der Waals surface area contributed by atoms with Crippen LogP contribution in [0.25, 0.3) is 66.3 Å². The zero-order valence-electron chi connectivity index (χ0n) is 48.0. The molecule has 16 rings (SSSR count). The molecular weight excluding hydrogens is 1480 g/mol. The minimum Gasteiger partial charge on any atom is -0.493 e. The van der Waals surface area contributed by atoms with Crippen LogP contribution in [0.15, 0.2) is 304 Å². The fraction of sp³-hybridized carbons (Fsp3) is 0. The molecule has 0 fully saturated rings. The Morgan fingerprint density at radius 3 is 0.922 bits per heavy atom. The van der Waals surface area contributed by atoms with Crippen LogP contribution in [-0.4, -0.2) is 40.1 Å². The fourth-order valence-corrected chi connectivity index (χ4v) is 10.3. The van der Waals surface area contributed by atoms with E-state index in [-0.39, 0.29) is 53.9 Å². The van der Waals surface area contributed by atoms with Gasteiger partial charge in [-0.05, 0) is 59.7 Å². The molecule has 0 unspecified atom stereocenters. The van der Waals surface area contributed by atoms with Crippen LogP contribution in [0.4, 0.5) is 46.0 Å². The molecule has 2 aliphatic rings. The number of rotatable bonds is 8. The zero-order valence-corrected chi connectivity index (χ0v) is 52.6. The number of fused-ring (bicyclic) bond motifs is 4. The monoisotopic (exact) mass is 1530 g/mol. The van der Waals surface area contributed by atoms with Crippen molar-refractivity contribution in [2.45, 2.75) is 0 Å². The van der Waals surface area contributed by atoms with Crippen LogP contribution in [0.5, 0.6) is 11.8 Å². The van der Waals surface area contributed by atoms with E-state index in [9.17, 15) is 10.2 Å². The average Bonchev–Trinajstić information content (AvgIpc) is 1.77. The summed E-state index contributed by atoms with van der Waals surface area (Å²) in [6, 6.07) is 98.7. The maximum absolute atomic E-state index is 10.1. The molecule has 0 radical (unpaired) electrons. The molecule has 0 spiro atoms. The van der Waals surface area contributed by atoms with Gasteiger partial charge in [-0.15, -0.1) is 70.5 Å². The van der Waals surface area contributed by atoms with Crippen molar-refractivity contribution in [3.05, 3.63) is 329 Å². The first-order valence-electron chi connectivity index (χ1n) is 28.5. The summed E-state index contributed by atoms with van der Waals surface area (Å²) < 4.78 is 0. The average molecular weight is 1530 g/mol. The molecule has 4 aromatic heterocycles. The van der Waals surface area contributed by atoms with Gasteiger partial charge in [-0.25, -0.2) is 29.9 Å². The number of aromatic nitrogens is 6. The number of hydrogen-bond acceptors (Lipinski definition) is 12. The minimum absolute atomic E-state index is 0. The SMILES string of the molecule is Oc1nc(-c2ccccc2)ccc1-c1ccccc1.Oc1nc(-c2ccccc2)ccc1-c1ccccc1.[Pt+2].[Pt+2].[c-]1cc2ccccc2cc1N1[CH-]N(c2ccccc2)c2nccnc21.[c-]1cc2ccccc2cc1N1[CH-]N(c2ccccc2)c2nccnc21. The van der Waals surface area contributed by atoms with E-state index < -0.39 is 0 Å². The molecule has 0 saturated heterocycles. The van der Waals surface area contributed by atoms with Gasteiger partial charge in [0.15, 0.2) is 0 Å². The van der Waals surface area contributed by atoms with E-state index >= 15 is 0 Å². The number of anilines is 8. The summed E-state index contributed by atoms with van der Waals surface area (Å²) in [4.78, 5) is 34.9. The summed E-state index contributed by atoms with van der Waals surface area (Å²) in [5, 5.41) is 24.9. The molecule has 90 heavy (non-hydrogen) atoms. The first kappa shape index (κ1) is 61.0. The van der Waals surface area contributed by atoms with E-state index in [0.29, 0.717) is 0 Å². The van der Waals surface area contributed by atoms with E-state index in [0.717, 1.165) is 90.8 Å². The first-order valence-corrected chi connectivity index (χ1v) is 28.5. The topological polar surface area (TPSA) is 131 Å². The van der Waals surface area contributed by atoms with Gasteiger partial charge < -0.3 is 29.8 Å². The van der Waals surface area contributed by atoms with E-state index in [1.165, 1.54) is 21.5 Å². The molecule has 6 heterocycles. The number of para-hydroxylation sites is 2. The molecule has 0 aliphatic carbocycles. The Morgan fingerprint density at radius 1 is 0.300 bits per heavy atom. The van der Waals surface area contributed by atoms with Gasteiger partial charge in [-0.2, -0.15) is 24.3 Å². The Balaban J connectivity index is 0.000000124. The van der Waals surface area contributed by atoms with E-state index in [1.807, 2.05) is 251 Å². The predicted octanol–water partition coefficient (Wildman–Crippen LogP) is 17.9. The summed E-state index contributed by atoms with van der Waals surface area (Å²) in [6.07, 6.45) is 6.87. The maximum atomic E-state index is 10.1. The molecule has 14 aromatic rings. The zero-order chi connectivity index (χ0) is 59.4. The van der Waals surface area contributed by atoms with Crippen LogP contribution in [0.3, 0.4) is 0 Å². The molecule has 0 amide bonds. The fourth-order valence-electron chi connectivity index (χ4n) is 10.3. The van der Waals surface area contributed by atoms with E-state index in [2.05, 4.69) is 103 Å². The van der Waals surface area contributed by atoms with E-state index in [1.54, 1.807) is 24.8 Å². The van der Waals surface area contributed by atoms with Crippen LogP contribution in [-0.2, 0) is 42.1 Å². The molecule has 2 N–H and O–H groups in total. The molecule has 2 aliphatic heterocycles. The quantitative estimate of drug-likeness (QED) is 0.140. The third-order valence-electron chi connectivity index (χ3n) is 14.7. The van der Waals surface area contributed by atoms with Gasteiger partial charge in [0.25, 0.3) is 0 Å². The molecule has 440 valence electrons. The van der Waals surface area contributed by atoms with Gasteiger partial charge in [0.2, 0.25) is 11.8 Å². The standard InChI is InChI=1S/2C21H14N4.2C17H13NO.2Pt/c2*1-2-8-18(9-3-1)24-15-25(21-20(24)22-12-13-23-21)19-11-10-16-6-4-5-7-17(16)14-19;2*19-17-15(13-7-3-1-4-8-13)11-12-16(18-17)14-9-5-2-6-10-14;;/h2*1-10,12-15H;2*1-12H,(H,18,19);;/q2*-2;;;2*+2. The van der Waals surface area contributed by atoms with Crippen molar-refractivity contribution in [3.8, 4) is 56.5 Å². The molecule has 0 bridgehead atoms. The van der Waals surface area contributed by atoms with Gasteiger partial charge in [-0.1, -0.05) is 194 Å². The van der Waals surface area contributed by atoms with Gasteiger partial charge in [0.1, 0.15) is 23.3 Å². The second-order valence-electron chi connectivity index (χ2n) is 20.3. The molecule has 14 heteroatoms. The van der Waals surface area contributed by atoms with Crippen molar-refractivity contribution in [2.24, 2.45) is 0 Å². The van der Waals surface area contributed by atoms with Crippen molar-refractivity contribution in [2.75, 3.05) is 19.6 Å². The predicted molar refractivity (Wildman–Crippen MR) is 353 cm³/mol. The Kier molecular flexibility index (Phi) is 19.6. The Labute approximate surface area is 551 Å². The smallest absolute Gasteiger partial charge is 0.493 e. The number of pyridine rings is 2. The molecule has 0 atom stereocenters. The van der Waals surface area contributed by atoms with Gasteiger partial charge in [-0.3, -0.25) is 0 Å². The minimum atomic E-state index is 0. The number of aromatic hydroxyl groups is 2. The number of benzene rings is 10. The third kappa shape index (κ3) is 13.7. The van der Waals surface area contributed by atoms with Crippen molar-refractivity contribution >= 4 is 67.6 Å². The van der Waals surface area contributed by atoms with Crippen molar-refractivity contribution in [3.63, 3.8) is 0 Å². The summed E-state index contributed by atoms with van der Waals surface area (Å²) in [6.45, 7) is 4.03. The molecular formula is C76H54N10O2Pt2. The number of nitrogens with zero attached hydrogens (tertiary/aromatic N) is 10. The van der Waals surface area contributed by atoms with Gasteiger partial charge in [0, 0.05) is 58.4 Å². The van der Waals surface area contributed by atoms with Crippen LogP contribution < -0.4 is 19.6 Å². The van der Waals surface area contributed by atoms with E-state index in [4.69, 9.17) is 0 Å². The van der Waals surface area contributed by atoms with Crippen LogP contribution in [0.1, 0.15) is 0 Å². The van der Waals surface area contributed by atoms with Crippen molar-refractivity contribution < 1.29 is 52.3 Å². The van der Waals surface area contributed by atoms with Crippen LogP contribution in [0.2, 0.25) is 0 Å². The Morgan fingerprint density at radius 2 is 0.589 bits per heavy atom. The normalized spacial score (nSPS) is 11.7. The first-order chi connectivity index (χ1) is 43.5. The molecule has 10 aromatic carbocycles. The second kappa shape index (κ2) is 28.9. The number of hydrogen-bond donors (Lipinski definition) is 2. The summed E-state index contributed by atoms with van der Waals surface area (Å²) in [5.74, 6) is 3.36. The van der Waals surface area contributed by atoms with Crippen LogP contribution in [0, 0.1) is 25.5 Å². The van der Waals surface area contributed by atoms with Crippen molar-refractivity contribution in [1.82, 2.24) is 29.9 Å².